The van der Waals surface area contributed by atoms with Crippen LogP contribution in [-0.2, 0) is 14.3 Å². The van der Waals surface area contributed by atoms with Gasteiger partial charge in [0.25, 0.3) is 5.91 Å². The van der Waals surface area contributed by atoms with Crippen molar-refractivity contribution in [3.8, 4) is 0 Å². The molecule has 1 aromatic rings. The fraction of sp³-hybridized carbons (Fsp3) is 0.526. The fourth-order valence-electron chi connectivity index (χ4n) is 3.47. The molecule has 140 valence electrons. The Morgan fingerprint density at radius 2 is 1.81 bits per heavy atom. The SMILES string of the molecule is C[C@@H]1CN(C(=O)CNC(=O)c2ccc(N3CCCC3=O)cc2)C[C@@H](C)O1. The topological polar surface area (TPSA) is 79.0 Å². The molecule has 7 nitrogen and oxygen atoms in total. The number of carbonyl (C=O) groups is 3. The average molecular weight is 359 g/mol. The van der Waals surface area contributed by atoms with E-state index in [9.17, 15) is 14.4 Å². The average Bonchev–Trinajstić information content (AvgIpc) is 3.04. The lowest BCUT2D eigenvalue weighted by molar-refractivity contribution is -0.142. The largest absolute Gasteiger partial charge is 0.372 e. The second kappa shape index (κ2) is 7.86. The lowest BCUT2D eigenvalue weighted by atomic mass is 10.2. The lowest BCUT2D eigenvalue weighted by Gasteiger charge is -2.35. The quantitative estimate of drug-likeness (QED) is 0.876. The predicted octanol–water partition coefficient (Wildman–Crippen LogP) is 1.18. The van der Waals surface area contributed by atoms with Crippen molar-refractivity contribution in [2.45, 2.75) is 38.9 Å². The minimum atomic E-state index is -0.299. The molecule has 2 aliphatic heterocycles. The highest BCUT2D eigenvalue weighted by atomic mass is 16.5. The molecule has 2 heterocycles. The van der Waals surface area contributed by atoms with E-state index < -0.39 is 0 Å². The Kier molecular flexibility index (Phi) is 5.56. The molecule has 0 unspecified atom stereocenters. The molecule has 1 aromatic carbocycles. The summed E-state index contributed by atoms with van der Waals surface area (Å²) >= 11 is 0. The van der Waals surface area contributed by atoms with Gasteiger partial charge in [0.2, 0.25) is 11.8 Å². The predicted molar refractivity (Wildman–Crippen MR) is 97.0 cm³/mol. The lowest BCUT2D eigenvalue weighted by Crippen LogP contribution is -2.51. The minimum absolute atomic E-state index is 0.000700. The maximum absolute atomic E-state index is 12.3. The Bertz CT molecular complexity index is 679. The Labute approximate surface area is 153 Å². The zero-order valence-corrected chi connectivity index (χ0v) is 15.2. The van der Waals surface area contributed by atoms with Crippen molar-refractivity contribution >= 4 is 23.4 Å². The summed E-state index contributed by atoms with van der Waals surface area (Å²) < 4.78 is 5.61. The van der Waals surface area contributed by atoms with Crippen LogP contribution in [-0.4, -0.2) is 61.0 Å². The smallest absolute Gasteiger partial charge is 0.251 e. The van der Waals surface area contributed by atoms with Gasteiger partial charge in [-0.3, -0.25) is 14.4 Å². The number of ether oxygens (including phenoxy) is 1. The van der Waals surface area contributed by atoms with Gasteiger partial charge in [0.15, 0.2) is 0 Å². The second-order valence-electron chi connectivity index (χ2n) is 6.93. The van der Waals surface area contributed by atoms with E-state index in [1.807, 2.05) is 13.8 Å². The molecule has 1 N–H and O–H groups in total. The number of hydrogen-bond acceptors (Lipinski definition) is 4. The Hall–Kier alpha value is -2.41. The van der Waals surface area contributed by atoms with Crippen LogP contribution in [0.4, 0.5) is 5.69 Å². The Morgan fingerprint density at radius 3 is 2.38 bits per heavy atom. The number of hydrogen-bond donors (Lipinski definition) is 1. The first-order valence-electron chi connectivity index (χ1n) is 9.06. The number of amides is 3. The van der Waals surface area contributed by atoms with Crippen molar-refractivity contribution in [2.75, 3.05) is 31.1 Å². The summed E-state index contributed by atoms with van der Waals surface area (Å²) in [6.45, 7) is 5.62. The summed E-state index contributed by atoms with van der Waals surface area (Å²) in [6.07, 6.45) is 1.43. The van der Waals surface area contributed by atoms with Crippen molar-refractivity contribution < 1.29 is 19.1 Å². The van der Waals surface area contributed by atoms with E-state index in [2.05, 4.69) is 5.32 Å². The van der Waals surface area contributed by atoms with E-state index in [4.69, 9.17) is 4.74 Å². The number of rotatable bonds is 4. The molecule has 2 aliphatic rings. The third-order valence-corrected chi connectivity index (χ3v) is 4.69. The zero-order chi connectivity index (χ0) is 18.7. The first-order chi connectivity index (χ1) is 12.4. The number of anilines is 1. The first kappa shape index (κ1) is 18.4. The number of nitrogens with one attached hydrogen (secondary N) is 1. The Balaban J connectivity index is 1.53. The van der Waals surface area contributed by atoms with E-state index in [0.29, 0.717) is 25.1 Å². The highest BCUT2D eigenvalue weighted by Gasteiger charge is 2.26. The summed E-state index contributed by atoms with van der Waals surface area (Å²) in [5.41, 5.74) is 1.27. The van der Waals surface area contributed by atoms with Crippen LogP contribution in [0, 0.1) is 0 Å². The van der Waals surface area contributed by atoms with Crippen LogP contribution in [0.1, 0.15) is 37.0 Å². The van der Waals surface area contributed by atoms with Crippen LogP contribution in [0.25, 0.3) is 0 Å². The van der Waals surface area contributed by atoms with Crippen molar-refractivity contribution in [3.05, 3.63) is 29.8 Å². The van der Waals surface area contributed by atoms with E-state index >= 15 is 0 Å². The fourth-order valence-corrected chi connectivity index (χ4v) is 3.47. The normalized spacial score (nSPS) is 23.2. The molecule has 0 bridgehead atoms. The summed E-state index contributed by atoms with van der Waals surface area (Å²) in [5, 5.41) is 2.67. The van der Waals surface area contributed by atoms with Crippen LogP contribution in [0.2, 0.25) is 0 Å². The van der Waals surface area contributed by atoms with E-state index in [-0.39, 0.29) is 36.5 Å². The van der Waals surface area contributed by atoms with Gasteiger partial charge in [-0.15, -0.1) is 0 Å². The molecule has 2 atom stereocenters. The first-order valence-corrected chi connectivity index (χ1v) is 9.06. The van der Waals surface area contributed by atoms with Gasteiger partial charge >= 0.3 is 0 Å². The van der Waals surface area contributed by atoms with Crippen LogP contribution in [0.5, 0.6) is 0 Å². The van der Waals surface area contributed by atoms with Crippen LogP contribution in [0.15, 0.2) is 24.3 Å². The van der Waals surface area contributed by atoms with Gasteiger partial charge in [0, 0.05) is 37.3 Å². The van der Waals surface area contributed by atoms with Crippen LogP contribution in [0.3, 0.4) is 0 Å². The molecule has 0 radical (unpaired) electrons. The van der Waals surface area contributed by atoms with Gasteiger partial charge < -0.3 is 19.9 Å². The summed E-state index contributed by atoms with van der Waals surface area (Å²) in [6, 6.07) is 6.90. The number of nitrogens with zero attached hydrogens (tertiary/aromatic N) is 2. The van der Waals surface area contributed by atoms with Gasteiger partial charge in [-0.2, -0.15) is 0 Å². The van der Waals surface area contributed by atoms with Crippen molar-refractivity contribution in [2.24, 2.45) is 0 Å². The molecule has 2 saturated heterocycles. The highest BCUT2D eigenvalue weighted by molar-refractivity contribution is 5.98. The molecule has 3 rings (SSSR count). The van der Waals surface area contributed by atoms with Gasteiger partial charge in [-0.1, -0.05) is 0 Å². The second-order valence-corrected chi connectivity index (χ2v) is 6.93. The summed E-state index contributed by atoms with van der Waals surface area (Å²) in [4.78, 5) is 39.8. The highest BCUT2D eigenvalue weighted by Crippen LogP contribution is 2.21. The molecular weight excluding hydrogens is 334 g/mol. The molecule has 2 fully saturated rings. The van der Waals surface area contributed by atoms with E-state index in [1.165, 1.54) is 0 Å². The molecule has 3 amide bonds. The maximum Gasteiger partial charge on any atom is 0.251 e. The standard InChI is InChI=1S/C19H25N3O4/c1-13-11-21(12-14(2)26-13)18(24)10-20-19(25)15-5-7-16(8-6-15)22-9-3-4-17(22)23/h5-8,13-14H,3-4,9-12H2,1-2H3,(H,20,25)/t13-,14-/m1/s1. The maximum atomic E-state index is 12.3. The zero-order valence-electron chi connectivity index (χ0n) is 15.2. The van der Waals surface area contributed by atoms with E-state index in [1.54, 1.807) is 34.1 Å². The molecule has 7 heteroatoms. The van der Waals surface area contributed by atoms with Crippen molar-refractivity contribution in [1.82, 2.24) is 10.2 Å². The van der Waals surface area contributed by atoms with Gasteiger partial charge in [-0.25, -0.2) is 0 Å². The van der Waals surface area contributed by atoms with Gasteiger partial charge in [0.1, 0.15) is 0 Å². The summed E-state index contributed by atoms with van der Waals surface area (Å²) in [5.74, 6) is -0.298. The molecular formula is C19H25N3O4. The molecule has 0 spiro atoms. The molecule has 26 heavy (non-hydrogen) atoms. The molecule has 0 aliphatic carbocycles. The molecule has 0 aromatic heterocycles. The van der Waals surface area contributed by atoms with Crippen LogP contribution < -0.4 is 10.2 Å². The third kappa shape index (κ3) is 4.22. The monoisotopic (exact) mass is 359 g/mol. The van der Waals surface area contributed by atoms with Gasteiger partial charge in [0.05, 0.1) is 18.8 Å². The number of carbonyl (C=O) groups excluding carboxylic acids is 3. The Morgan fingerprint density at radius 1 is 1.15 bits per heavy atom. The number of morpholine rings is 1. The minimum Gasteiger partial charge on any atom is -0.372 e. The van der Waals surface area contributed by atoms with Gasteiger partial charge in [-0.05, 0) is 44.5 Å². The molecule has 0 saturated carbocycles. The summed E-state index contributed by atoms with van der Waals surface area (Å²) in [7, 11) is 0. The van der Waals surface area contributed by atoms with E-state index in [0.717, 1.165) is 18.7 Å². The third-order valence-electron chi connectivity index (χ3n) is 4.69. The number of benzene rings is 1. The van der Waals surface area contributed by atoms with Crippen molar-refractivity contribution in [1.29, 1.82) is 0 Å². The van der Waals surface area contributed by atoms with Crippen LogP contribution >= 0.6 is 0 Å². The van der Waals surface area contributed by atoms with Crippen molar-refractivity contribution in [3.63, 3.8) is 0 Å².